The second kappa shape index (κ2) is 7.32. The molecule has 1 aliphatic rings. The van der Waals surface area contributed by atoms with Gasteiger partial charge in [-0.2, -0.15) is 0 Å². The van der Waals surface area contributed by atoms with Crippen molar-refractivity contribution >= 4 is 0 Å². The molecule has 1 atom stereocenters. The van der Waals surface area contributed by atoms with Crippen LogP contribution in [0.3, 0.4) is 0 Å². The third kappa shape index (κ3) is 4.01. The third-order valence-electron chi connectivity index (χ3n) is 3.65. The molecule has 0 spiro atoms. The molecule has 0 N–H and O–H groups in total. The summed E-state index contributed by atoms with van der Waals surface area (Å²) in [6.07, 6.45) is 2.27. The summed E-state index contributed by atoms with van der Waals surface area (Å²) < 4.78 is 17.1. The lowest BCUT2D eigenvalue weighted by Crippen LogP contribution is -2.07. The van der Waals surface area contributed by atoms with Gasteiger partial charge in [0.25, 0.3) is 0 Å². The SMILES string of the molecule is CCCc1c(OCc2ccccc2)cccc1OC[C@H]1CO1. The van der Waals surface area contributed by atoms with E-state index < -0.39 is 0 Å². The molecular weight excluding hydrogens is 276 g/mol. The summed E-state index contributed by atoms with van der Waals surface area (Å²) in [7, 11) is 0. The largest absolute Gasteiger partial charge is 0.490 e. The lowest BCUT2D eigenvalue weighted by atomic mass is 10.1. The molecule has 3 nitrogen and oxygen atoms in total. The van der Waals surface area contributed by atoms with E-state index in [2.05, 4.69) is 19.1 Å². The lowest BCUT2D eigenvalue weighted by Gasteiger charge is -2.15. The van der Waals surface area contributed by atoms with Crippen molar-refractivity contribution in [2.45, 2.75) is 32.5 Å². The summed E-state index contributed by atoms with van der Waals surface area (Å²) in [4.78, 5) is 0. The van der Waals surface area contributed by atoms with Gasteiger partial charge < -0.3 is 14.2 Å². The quantitative estimate of drug-likeness (QED) is 0.690. The van der Waals surface area contributed by atoms with Crippen molar-refractivity contribution in [3.8, 4) is 11.5 Å². The Labute approximate surface area is 131 Å². The van der Waals surface area contributed by atoms with Crippen LogP contribution in [0.4, 0.5) is 0 Å². The van der Waals surface area contributed by atoms with Gasteiger partial charge in [0, 0.05) is 5.56 Å². The first-order valence-electron chi connectivity index (χ1n) is 7.90. The van der Waals surface area contributed by atoms with Gasteiger partial charge in [0.1, 0.15) is 30.8 Å². The number of benzene rings is 2. The van der Waals surface area contributed by atoms with Gasteiger partial charge in [0.15, 0.2) is 0 Å². The molecule has 0 saturated carbocycles. The Morgan fingerprint density at radius 3 is 2.41 bits per heavy atom. The van der Waals surface area contributed by atoms with Gasteiger partial charge in [0.2, 0.25) is 0 Å². The molecule has 3 heteroatoms. The van der Waals surface area contributed by atoms with E-state index in [4.69, 9.17) is 14.2 Å². The molecule has 0 aromatic heterocycles. The molecule has 0 aliphatic carbocycles. The molecule has 0 unspecified atom stereocenters. The van der Waals surface area contributed by atoms with E-state index in [1.54, 1.807) is 0 Å². The molecular formula is C19H22O3. The van der Waals surface area contributed by atoms with Gasteiger partial charge in [-0.1, -0.05) is 49.7 Å². The Morgan fingerprint density at radius 1 is 1.00 bits per heavy atom. The number of ether oxygens (including phenoxy) is 3. The second-order valence-electron chi connectivity index (χ2n) is 5.52. The molecule has 2 aromatic rings. The van der Waals surface area contributed by atoms with Crippen LogP contribution in [0.5, 0.6) is 11.5 Å². The van der Waals surface area contributed by atoms with Crippen molar-refractivity contribution < 1.29 is 14.2 Å². The second-order valence-corrected chi connectivity index (χ2v) is 5.52. The van der Waals surface area contributed by atoms with E-state index in [1.165, 1.54) is 5.56 Å². The Morgan fingerprint density at radius 2 is 1.73 bits per heavy atom. The highest BCUT2D eigenvalue weighted by atomic mass is 16.6. The molecule has 1 aliphatic heterocycles. The molecule has 0 bridgehead atoms. The molecule has 1 heterocycles. The molecule has 1 saturated heterocycles. The number of hydrogen-bond acceptors (Lipinski definition) is 3. The van der Waals surface area contributed by atoms with Gasteiger partial charge in [-0.25, -0.2) is 0 Å². The first kappa shape index (κ1) is 14.9. The van der Waals surface area contributed by atoms with Crippen molar-refractivity contribution in [1.29, 1.82) is 0 Å². The average Bonchev–Trinajstić information content (AvgIpc) is 3.38. The van der Waals surface area contributed by atoms with Crippen molar-refractivity contribution in [2.24, 2.45) is 0 Å². The van der Waals surface area contributed by atoms with Crippen LogP contribution in [0.1, 0.15) is 24.5 Å². The van der Waals surface area contributed by atoms with Gasteiger partial charge in [0.05, 0.1) is 6.61 Å². The van der Waals surface area contributed by atoms with Crippen LogP contribution in [0.2, 0.25) is 0 Å². The fraction of sp³-hybridized carbons (Fsp3) is 0.368. The molecule has 2 aromatic carbocycles. The normalized spacial score (nSPS) is 16.3. The summed E-state index contributed by atoms with van der Waals surface area (Å²) in [5.41, 5.74) is 2.32. The van der Waals surface area contributed by atoms with Crippen LogP contribution < -0.4 is 9.47 Å². The Bertz CT molecular complexity index is 591. The van der Waals surface area contributed by atoms with Crippen LogP contribution in [-0.2, 0) is 17.8 Å². The van der Waals surface area contributed by atoms with Crippen LogP contribution in [0, 0.1) is 0 Å². The molecule has 0 amide bonds. The first-order chi connectivity index (χ1) is 10.9. The lowest BCUT2D eigenvalue weighted by molar-refractivity contribution is 0.256. The van der Waals surface area contributed by atoms with Gasteiger partial charge in [-0.05, 0) is 24.1 Å². The molecule has 1 fully saturated rings. The molecule has 3 rings (SSSR count). The standard InChI is InChI=1S/C19H22O3/c1-2-7-17-18(21-12-15-8-4-3-5-9-15)10-6-11-19(17)22-14-16-13-20-16/h3-6,8-11,16H,2,7,12-14H2,1H3/t16-/m1/s1. The molecule has 0 radical (unpaired) electrons. The predicted octanol–water partition coefficient (Wildman–Crippen LogP) is 4.00. The van der Waals surface area contributed by atoms with Crippen LogP contribution in [-0.4, -0.2) is 19.3 Å². The topological polar surface area (TPSA) is 31.0 Å². The smallest absolute Gasteiger partial charge is 0.126 e. The van der Waals surface area contributed by atoms with Crippen molar-refractivity contribution in [3.63, 3.8) is 0 Å². The van der Waals surface area contributed by atoms with E-state index in [-0.39, 0.29) is 6.10 Å². The predicted molar refractivity (Wildman–Crippen MR) is 86.4 cm³/mol. The Kier molecular flexibility index (Phi) is 4.96. The van der Waals surface area contributed by atoms with Crippen LogP contribution in [0.25, 0.3) is 0 Å². The Hall–Kier alpha value is -2.00. The molecule has 116 valence electrons. The highest BCUT2D eigenvalue weighted by Gasteiger charge is 2.23. The van der Waals surface area contributed by atoms with Crippen LogP contribution in [0.15, 0.2) is 48.5 Å². The van der Waals surface area contributed by atoms with Crippen molar-refractivity contribution in [3.05, 3.63) is 59.7 Å². The average molecular weight is 298 g/mol. The van der Waals surface area contributed by atoms with E-state index >= 15 is 0 Å². The maximum Gasteiger partial charge on any atom is 0.126 e. The van der Waals surface area contributed by atoms with Gasteiger partial charge in [-0.15, -0.1) is 0 Å². The zero-order valence-corrected chi connectivity index (χ0v) is 13.0. The summed E-state index contributed by atoms with van der Waals surface area (Å²) in [5.74, 6) is 1.84. The van der Waals surface area contributed by atoms with E-state index in [0.29, 0.717) is 13.2 Å². The summed E-state index contributed by atoms with van der Waals surface area (Å²) in [5, 5.41) is 0. The summed E-state index contributed by atoms with van der Waals surface area (Å²) >= 11 is 0. The fourth-order valence-electron chi connectivity index (χ4n) is 2.39. The molecule has 22 heavy (non-hydrogen) atoms. The van der Waals surface area contributed by atoms with Crippen molar-refractivity contribution in [2.75, 3.05) is 13.2 Å². The minimum absolute atomic E-state index is 0.267. The van der Waals surface area contributed by atoms with Gasteiger partial charge >= 0.3 is 0 Å². The van der Waals surface area contributed by atoms with Crippen LogP contribution >= 0.6 is 0 Å². The first-order valence-corrected chi connectivity index (χ1v) is 7.90. The number of hydrogen-bond donors (Lipinski definition) is 0. The number of epoxide rings is 1. The van der Waals surface area contributed by atoms with Gasteiger partial charge in [-0.3, -0.25) is 0 Å². The maximum absolute atomic E-state index is 6.03. The Balaban J connectivity index is 1.71. The minimum atomic E-state index is 0.267. The van der Waals surface area contributed by atoms with Crippen molar-refractivity contribution in [1.82, 2.24) is 0 Å². The maximum atomic E-state index is 6.03. The van der Waals surface area contributed by atoms with E-state index in [0.717, 1.165) is 36.5 Å². The summed E-state index contributed by atoms with van der Waals surface area (Å²) in [6, 6.07) is 16.2. The monoisotopic (exact) mass is 298 g/mol. The summed E-state index contributed by atoms with van der Waals surface area (Å²) in [6.45, 7) is 4.18. The highest BCUT2D eigenvalue weighted by molar-refractivity contribution is 5.45. The highest BCUT2D eigenvalue weighted by Crippen LogP contribution is 2.31. The zero-order chi connectivity index (χ0) is 15.2. The minimum Gasteiger partial charge on any atom is -0.490 e. The zero-order valence-electron chi connectivity index (χ0n) is 13.0. The van der Waals surface area contributed by atoms with E-state index in [9.17, 15) is 0 Å². The third-order valence-corrected chi connectivity index (χ3v) is 3.65. The number of rotatable bonds is 8. The van der Waals surface area contributed by atoms with E-state index in [1.807, 2.05) is 36.4 Å². The fourth-order valence-corrected chi connectivity index (χ4v) is 2.39.